The SMILES string of the molecule is CCO[C@@H](O)CC(C)=O. The van der Waals surface area contributed by atoms with Gasteiger partial charge in [-0.3, -0.25) is 4.79 Å². The summed E-state index contributed by atoms with van der Waals surface area (Å²) in [7, 11) is 0. The van der Waals surface area contributed by atoms with Crippen molar-refractivity contribution in [2.24, 2.45) is 0 Å². The summed E-state index contributed by atoms with van der Waals surface area (Å²) >= 11 is 0. The minimum Gasteiger partial charge on any atom is -0.368 e. The third kappa shape index (κ3) is 5.46. The van der Waals surface area contributed by atoms with Crippen molar-refractivity contribution in [2.75, 3.05) is 6.61 Å². The molecule has 0 spiro atoms. The molecule has 0 amide bonds. The van der Waals surface area contributed by atoms with Gasteiger partial charge in [-0.25, -0.2) is 0 Å². The van der Waals surface area contributed by atoms with Crippen LogP contribution in [0.4, 0.5) is 0 Å². The number of aliphatic hydroxyl groups is 1. The van der Waals surface area contributed by atoms with E-state index < -0.39 is 6.29 Å². The predicted octanol–water partition coefficient (Wildman–Crippen LogP) is 0.320. The summed E-state index contributed by atoms with van der Waals surface area (Å²) in [4.78, 5) is 10.3. The van der Waals surface area contributed by atoms with Gasteiger partial charge in [0.25, 0.3) is 0 Å². The third-order valence-corrected chi connectivity index (χ3v) is 0.821. The van der Waals surface area contributed by atoms with Crippen molar-refractivity contribution in [1.29, 1.82) is 0 Å². The lowest BCUT2D eigenvalue weighted by Crippen LogP contribution is -2.14. The van der Waals surface area contributed by atoms with Crippen molar-refractivity contribution in [2.45, 2.75) is 26.6 Å². The van der Waals surface area contributed by atoms with Crippen LogP contribution in [0.5, 0.6) is 0 Å². The largest absolute Gasteiger partial charge is 0.368 e. The van der Waals surface area contributed by atoms with E-state index in [0.29, 0.717) is 6.61 Å². The molecule has 0 aromatic heterocycles. The summed E-state index contributed by atoms with van der Waals surface area (Å²) in [6, 6.07) is 0. The number of hydrogen-bond donors (Lipinski definition) is 1. The molecule has 0 fully saturated rings. The Bertz CT molecular complexity index is 90.3. The molecule has 1 N–H and O–H groups in total. The number of hydrogen-bond acceptors (Lipinski definition) is 3. The summed E-state index contributed by atoms with van der Waals surface area (Å²) < 4.78 is 4.69. The average molecular weight is 132 g/mol. The molecule has 0 saturated heterocycles. The number of carbonyl (C=O) groups is 1. The van der Waals surface area contributed by atoms with Gasteiger partial charge >= 0.3 is 0 Å². The number of ether oxygens (including phenoxy) is 1. The average Bonchev–Trinajstić information content (AvgIpc) is 1.63. The van der Waals surface area contributed by atoms with Gasteiger partial charge in [-0.1, -0.05) is 0 Å². The van der Waals surface area contributed by atoms with Gasteiger partial charge in [0.1, 0.15) is 5.78 Å². The first-order valence-electron chi connectivity index (χ1n) is 2.96. The molecule has 0 aromatic rings. The highest BCUT2D eigenvalue weighted by Crippen LogP contribution is 1.93. The highest BCUT2D eigenvalue weighted by Gasteiger charge is 2.04. The van der Waals surface area contributed by atoms with Gasteiger partial charge in [0, 0.05) is 6.61 Å². The first kappa shape index (κ1) is 8.59. The van der Waals surface area contributed by atoms with Crippen LogP contribution in [-0.4, -0.2) is 23.8 Å². The van der Waals surface area contributed by atoms with Crippen LogP contribution in [0, 0.1) is 0 Å². The molecule has 0 saturated carbocycles. The second-order valence-electron chi connectivity index (χ2n) is 1.82. The van der Waals surface area contributed by atoms with Gasteiger partial charge in [-0.05, 0) is 13.8 Å². The third-order valence-electron chi connectivity index (χ3n) is 0.821. The van der Waals surface area contributed by atoms with E-state index in [1.165, 1.54) is 6.92 Å². The Kier molecular flexibility index (Phi) is 4.26. The highest BCUT2D eigenvalue weighted by atomic mass is 16.6. The van der Waals surface area contributed by atoms with Gasteiger partial charge in [-0.2, -0.15) is 0 Å². The molecule has 9 heavy (non-hydrogen) atoms. The summed E-state index contributed by atoms with van der Waals surface area (Å²) in [5, 5.41) is 8.78. The van der Waals surface area contributed by atoms with E-state index in [-0.39, 0.29) is 12.2 Å². The summed E-state index contributed by atoms with van der Waals surface area (Å²) in [6.07, 6.45) is -0.819. The normalized spacial score (nSPS) is 13.2. The molecule has 3 nitrogen and oxygen atoms in total. The minimum absolute atomic E-state index is 0.0593. The second kappa shape index (κ2) is 4.47. The Labute approximate surface area is 54.6 Å². The van der Waals surface area contributed by atoms with Crippen LogP contribution >= 0.6 is 0 Å². The Morgan fingerprint density at radius 3 is 2.67 bits per heavy atom. The van der Waals surface area contributed by atoms with Crippen LogP contribution < -0.4 is 0 Å². The van der Waals surface area contributed by atoms with Crippen molar-refractivity contribution in [1.82, 2.24) is 0 Å². The molecule has 0 radical (unpaired) electrons. The highest BCUT2D eigenvalue weighted by molar-refractivity contribution is 5.75. The Balaban J connectivity index is 3.26. The topological polar surface area (TPSA) is 46.5 Å². The van der Waals surface area contributed by atoms with Crippen LogP contribution in [0.2, 0.25) is 0 Å². The maximum Gasteiger partial charge on any atom is 0.161 e. The molecule has 0 aliphatic rings. The van der Waals surface area contributed by atoms with Gasteiger partial charge in [0.2, 0.25) is 0 Å². The fourth-order valence-corrected chi connectivity index (χ4v) is 0.497. The Morgan fingerprint density at radius 2 is 2.33 bits per heavy atom. The van der Waals surface area contributed by atoms with Gasteiger partial charge in [0.15, 0.2) is 6.29 Å². The van der Waals surface area contributed by atoms with E-state index in [1.807, 2.05) is 0 Å². The number of rotatable bonds is 4. The fourth-order valence-electron chi connectivity index (χ4n) is 0.497. The molecular weight excluding hydrogens is 120 g/mol. The molecule has 1 atom stereocenters. The first-order chi connectivity index (χ1) is 4.16. The predicted molar refractivity (Wildman–Crippen MR) is 32.9 cm³/mol. The van der Waals surface area contributed by atoms with E-state index in [0.717, 1.165) is 0 Å². The van der Waals surface area contributed by atoms with Gasteiger partial charge < -0.3 is 9.84 Å². The lowest BCUT2D eigenvalue weighted by Gasteiger charge is -2.06. The monoisotopic (exact) mass is 132 g/mol. The first-order valence-corrected chi connectivity index (χ1v) is 2.96. The summed E-state index contributed by atoms with van der Waals surface area (Å²) in [6.45, 7) is 3.63. The molecule has 0 aromatic carbocycles. The molecular formula is C6H12O3. The molecule has 0 aliphatic carbocycles. The number of carbonyl (C=O) groups excluding carboxylic acids is 1. The van der Waals surface area contributed by atoms with Crippen LogP contribution in [0.25, 0.3) is 0 Å². The van der Waals surface area contributed by atoms with Gasteiger partial charge in [0.05, 0.1) is 6.42 Å². The number of Topliss-reactive ketones (excluding diaryl/α,β-unsaturated/α-hetero) is 1. The lowest BCUT2D eigenvalue weighted by atomic mass is 10.3. The molecule has 0 unspecified atom stereocenters. The summed E-state index contributed by atoms with van der Waals surface area (Å²) in [5.41, 5.74) is 0. The van der Waals surface area contributed by atoms with E-state index in [1.54, 1.807) is 6.92 Å². The minimum atomic E-state index is -0.910. The number of aliphatic hydroxyl groups excluding tert-OH is 1. The zero-order valence-electron chi connectivity index (χ0n) is 5.76. The van der Waals surface area contributed by atoms with Crippen molar-refractivity contribution < 1.29 is 14.6 Å². The van der Waals surface area contributed by atoms with E-state index >= 15 is 0 Å². The maximum atomic E-state index is 10.3. The van der Waals surface area contributed by atoms with E-state index in [2.05, 4.69) is 4.74 Å². The molecule has 0 heterocycles. The van der Waals surface area contributed by atoms with Crippen molar-refractivity contribution >= 4 is 5.78 Å². The summed E-state index contributed by atoms with van der Waals surface area (Å²) in [5.74, 6) is -0.0593. The molecule has 0 rings (SSSR count). The van der Waals surface area contributed by atoms with E-state index in [9.17, 15) is 4.79 Å². The molecule has 54 valence electrons. The zero-order valence-corrected chi connectivity index (χ0v) is 5.76. The molecule has 3 heteroatoms. The smallest absolute Gasteiger partial charge is 0.161 e. The Hall–Kier alpha value is -0.410. The van der Waals surface area contributed by atoms with Crippen LogP contribution in [0.15, 0.2) is 0 Å². The van der Waals surface area contributed by atoms with Crippen LogP contribution in [-0.2, 0) is 9.53 Å². The van der Waals surface area contributed by atoms with Gasteiger partial charge in [-0.15, -0.1) is 0 Å². The maximum absolute atomic E-state index is 10.3. The zero-order chi connectivity index (χ0) is 7.28. The quantitative estimate of drug-likeness (QED) is 0.560. The van der Waals surface area contributed by atoms with Crippen molar-refractivity contribution in [3.8, 4) is 0 Å². The van der Waals surface area contributed by atoms with Crippen molar-refractivity contribution in [3.63, 3.8) is 0 Å². The molecule has 0 aliphatic heterocycles. The second-order valence-corrected chi connectivity index (χ2v) is 1.82. The molecule has 0 bridgehead atoms. The standard InChI is InChI=1S/C6H12O3/c1-3-9-6(8)4-5(2)7/h6,8H,3-4H2,1-2H3/t6-/m1/s1. The Morgan fingerprint density at radius 1 is 1.78 bits per heavy atom. The van der Waals surface area contributed by atoms with Crippen LogP contribution in [0.3, 0.4) is 0 Å². The van der Waals surface area contributed by atoms with E-state index in [4.69, 9.17) is 5.11 Å². The lowest BCUT2D eigenvalue weighted by molar-refractivity contribution is -0.133. The fraction of sp³-hybridized carbons (Fsp3) is 0.833. The van der Waals surface area contributed by atoms with Crippen LogP contribution in [0.1, 0.15) is 20.3 Å². The number of ketones is 1. The van der Waals surface area contributed by atoms with Crippen molar-refractivity contribution in [3.05, 3.63) is 0 Å².